The predicted octanol–water partition coefficient (Wildman–Crippen LogP) is 4.32. The highest BCUT2D eigenvalue weighted by molar-refractivity contribution is 6.33. The zero-order chi connectivity index (χ0) is 19.7. The third kappa shape index (κ3) is 11.8. The summed E-state index contributed by atoms with van der Waals surface area (Å²) in [4.78, 5) is 0. The van der Waals surface area contributed by atoms with Crippen molar-refractivity contribution in [1.82, 2.24) is 0 Å². The van der Waals surface area contributed by atoms with E-state index in [9.17, 15) is 0 Å². The molecule has 27 heavy (non-hydrogen) atoms. The Morgan fingerprint density at radius 3 is 2.04 bits per heavy atom. The van der Waals surface area contributed by atoms with Crippen molar-refractivity contribution in [3.8, 4) is 17.2 Å². The predicted molar refractivity (Wildman–Crippen MR) is 107 cm³/mol. The van der Waals surface area contributed by atoms with Crippen LogP contribution in [0.25, 0.3) is 0 Å². The molecule has 0 aliphatic carbocycles. The highest BCUT2D eigenvalue weighted by atomic mass is 16.7. The van der Waals surface area contributed by atoms with Gasteiger partial charge in [-0.1, -0.05) is 64.7 Å². The van der Waals surface area contributed by atoms with Crippen molar-refractivity contribution >= 4 is 7.32 Å². The lowest BCUT2D eigenvalue weighted by Crippen LogP contribution is -2.21. The van der Waals surface area contributed by atoms with Gasteiger partial charge in [0.1, 0.15) is 11.5 Å². The lowest BCUT2D eigenvalue weighted by molar-refractivity contribution is 0.0492. The maximum atomic E-state index is 8.96. The van der Waals surface area contributed by atoms with E-state index in [-0.39, 0.29) is 12.5 Å². The number of hydrogen-bond acceptors (Lipinski definition) is 6. The number of unbranched alkanes of at least 4 members (excludes halogenated alkanes) is 9. The van der Waals surface area contributed by atoms with E-state index in [1.807, 2.05) is 0 Å². The monoisotopic (exact) mass is 382 g/mol. The quantitative estimate of drug-likeness (QED) is 0.237. The van der Waals surface area contributed by atoms with Crippen LogP contribution in [0.1, 0.15) is 71.1 Å². The summed E-state index contributed by atoms with van der Waals surface area (Å²) in [5.74, 6) is 1.20. The van der Waals surface area contributed by atoms with Gasteiger partial charge in [0.15, 0.2) is 12.5 Å². The van der Waals surface area contributed by atoms with Crippen LogP contribution in [-0.2, 0) is 4.74 Å². The molecule has 0 unspecified atom stereocenters. The fourth-order valence-corrected chi connectivity index (χ4v) is 2.80. The molecule has 7 heteroatoms. The minimum atomic E-state index is -1.91. The summed E-state index contributed by atoms with van der Waals surface area (Å²) in [6, 6.07) is 4.96. The molecule has 0 saturated heterocycles. The number of rotatable bonds is 17. The third-order valence-corrected chi connectivity index (χ3v) is 4.25. The molecule has 1 aromatic carbocycles. The first-order valence-corrected chi connectivity index (χ1v) is 10.1. The van der Waals surface area contributed by atoms with Gasteiger partial charge in [0.25, 0.3) is 0 Å². The Labute approximate surface area is 164 Å². The number of ether oxygens (including phenoxy) is 3. The summed E-state index contributed by atoms with van der Waals surface area (Å²) in [7, 11) is -0.402. The molecular weight excluding hydrogens is 347 g/mol. The van der Waals surface area contributed by atoms with Gasteiger partial charge in [-0.3, -0.25) is 0 Å². The molecule has 0 fully saturated rings. The van der Waals surface area contributed by atoms with Crippen molar-refractivity contribution in [3.05, 3.63) is 18.2 Å². The third-order valence-electron chi connectivity index (χ3n) is 4.25. The van der Waals surface area contributed by atoms with Crippen molar-refractivity contribution in [1.29, 1.82) is 0 Å². The van der Waals surface area contributed by atoms with Crippen molar-refractivity contribution < 1.29 is 28.9 Å². The Bertz CT molecular complexity index is 484. The van der Waals surface area contributed by atoms with Crippen molar-refractivity contribution in [3.63, 3.8) is 0 Å². The Morgan fingerprint density at radius 2 is 1.44 bits per heavy atom. The van der Waals surface area contributed by atoms with Gasteiger partial charge in [-0.15, -0.1) is 0 Å². The summed E-state index contributed by atoms with van der Waals surface area (Å²) in [6.07, 6.45) is 12.8. The smallest absolute Gasteiger partial charge is 0.509 e. The number of benzene rings is 1. The Balaban J connectivity index is 2.22. The minimum absolute atomic E-state index is 0.0276. The molecule has 6 nitrogen and oxygen atoms in total. The molecule has 0 aromatic heterocycles. The molecule has 0 atom stereocenters. The van der Waals surface area contributed by atoms with Crippen LogP contribution < -0.4 is 14.1 Å². The second-order valence-corrected chi connectivity index (χ2v) is 6.63. The second kappa shape index (κ2) is 15.6. The van der Waals surface area contributed by atoms with E-state index in [1.54, 1.807) is 18.2 Å². The van der Waals surface area contributed by atoms with Crippen LogP contribution in [-0.4, -0.2) is 37.9 Å². The van der Waals surface area contributed by atoms with E-state index in [4.69, 9.17) is 28.9 Å². The maximum Gasteiger partial charge on any atom is 0.707 e. The molecular formula is C20H35BO6. The van der Waals surface area contributed by atoms with Crippen molar-refractivity contribution in [2.75, 3.05) is 20.5 Å². The van der Waals surface area contributed by atoms with E-state index >= 15 is 0 Å². The van der Waals surface area contributed by atoms with Crippen LogP contribution >= 0.6 is 0 Å². The Hall–Kier alpha value is -1.44. The molecule has 0 spiro atoms. The van der Waals surface area contributed by atoms with Crippen LogP contribution in [0.15, 0.2) is 18.2 Å². The zero-order valence-electron chi connectivity index (χ0n) is 16.8. The van der Waals surface area contributed by atoms with Crippen LogP contribution in [0.3, 0.4) is 0 Å². The van der Waals surface area contributed by atoms with E-state index in [0.717, 1.165) is 6.42 Å². The molecule has 154 valence electrons. The zero-order valence-corrected chi connectivity index (χ0v) is 16.8. The summed E-state index contributed by atoms with van der Waals surface area (Å²) >= 11 is 0. The first-order chi connectivity index (χ1) is 13.2. The lowest BCUT2D eigenvalue weighted by Gasteiger charge is -2.14. The van der Waals surface area contributed by atoms with Gasteiger partial charge in [-0.2, -0.15) is 0 Å². The second-order valence-electron chi connectivity index (χ2n) is 6.63. The van der Waals surface area contributed by atoms with Crippen LogP contribution in [0, 0.1) is 0 Å². The standard InChI is InChI=1S/C20H35BO6/c1-3-4-5-6-7-8-9-10-11-12-15-25-18-13-14-19(27-21(22)23)20(16-18)26-17-24-2/h13-14,16,22-23H,3-12,15,17H2,1-2H3. The van der Waals surface area contributed by atoms with Gasteiger partial charge >= 0.3 is 7.32 Å². The van der Waals surface area contributed by atoms with Crippen LogP contribution in [0.5, 0.6) is 17.2 Å². The SMILES string of the molecule is CCCCCCCCCCCCOc1ccc(OB(O)O)c(OCOC)c1. The van der Waals surface area contributed by atoms with E-state index in [0.29, 0.717) is 18.1 Å². The molecule has 0 bridgehead atoms. The summed E-state index contributed by atoms with van der Waals surface area (Å²) in [5.41, 5.74) is 0. The topological polar surface area (TPSA) is 77.4 Å². The summed E-state index contributed by atoms with van der Waals surface area (Å²) in [5, 5.41) is 17.9. The van der Waals surface area contributed by atoms with Gasteiger partial charge < -0.3 is 28.9 Å². The van der Waals surface area contributed by atoms with Gasteiger partial charge in [0, 0.05) is 13.2 Å². The van der Waals surface area contributed by atoms with E-state index < -0.39 is 7.32 Å². The van der Waals surface area contributed by atoms with E-state index in [2.05, 4.69) is 6.92 Å². The van der Waals surface area contributed by atoms with E-state index in [1.165, 1.54) is 64.9 Å². The van der Waals surface area contributed by atoms with Crippen LogP contribution in [0.4, 0.5) is 0 Å². The van der Waals surface area contributed by atoms with Gasteiger partial charge in [0.2, 0.25) is 0 Å². The Kier molecular flexibility index (Phi) is 13.6. The molecule has 0 saturated carbocycles. The maximum absolute atomic E-state index is 8.96. The average molecular weight is 382 g/mol. The largest absolute Gasteiger partial charge is 0.707 e. The number of methoxy groups -OCH3 is 1. The highest BCUT2D eigenvalue weighted by Gasteiger charge is 2.16. The van der Waals surface area contributed by atoms with Gasteiger partial charge in [-0.05, 0) is 18.6 Å². The summed E-state index contributed by atoms with van der Waals surface area (Å²) < 4.78 is 20.9. The molecule has 0 aliphatic heterocycles. The molecule has 1 aromatic rings. The lowest BCUT2D eigenvalue weighted by atomic mass is 10.1. The molecule has 0 amide bonds. The highest BCUT2D eigenvalue weighted by Crippen LogP contribution is 2.32. The normalized spacial score (nSPS) is 10.7. The minimum Gasteiger partial charge on any atom is -0.509 e. The molecule has 2 N–H and O–H groups in total. The Morgan fingerprint density at radius 1 is 0.815 bits per heavy atom. The molecule has 0 aliphatic rings. The summed E-state index contributed by atoms with van der Waals surface area (Å²) in [6.45, 7) is 2.92. The molecule has 0 heterocycles. The first kappa shape index (κ1) is 23.6. The van der Waals surface area contributed by atoms with Gasteiger partial charge in [0.05, 0.1) is 6.61 Å². The van der Waals surface area contributed by atoms with Gasteiger partial charge in [-0.25, -0.2) is 0 Å². The van der Waals surface area contributed by atoms with Crippen molar-refractivity contribution in [2.24, 2.45) is 0 Å². The average Bonchev–Trinajstić information content (AvgIpc) is 2.65. The fourth-order valence-electron chi connectivity index (χ4n) is 2.80. The fraction of sp³-hybridized carbons (Fsp3) is 0.700. The van der Waals surface area contributed by atoms with Crippen molar-refractivity contribution in [2.45, 2.75) is 71.1 Å². The van der Waals surface area contributed by atoms with Crippen LogP contribution in [0.2, 0.25) is 0 Å². The first-order valence-electron chi connectivity index (χ1n) is 10.1. The molecule has 0 radical (unpaired) electrons. The molecule has 1 rings (SSSR count). The number of hydrogen-bond donors (Lipinski definition) is 2.